The molecule has 6 heteroatoms. The third kappa shape index (κ3) is 1.77. The van der Waals surface area contributed by atoms with Gasteiger partial charge in [0.25, 0.3) is 0 Å². The van der Waals surface area contributed by atoms with Crippen molar-refractivity contribution in [2.75, 3.05) is 0 Å². The minimum Gasteiger partial charge on any atom is -0.873 e. The van der Waals surface area contributed by atoms with Gasteiger partial charge in [-0.15, -0.1) is 34.5 Å². The number of hydrogen-bond acceptors (Lipinski definition) is 6. The van der Waals surface area contributed by atoms with Crippen molar-refractivity contribution in [2.45, 2.75) is 0 Å². The molecule has 0 spiro atoms. The van der Waals surface area contributed by atoms with Crippen molar-refractivity contribution in [3.8, 4) is 34.5 Å². The summed E-state index contributed by atoms with van der Waals surface area (Å²) in [6.45, 7) is 0. The largest absolute Gasteiger partial charge is 0.873 e. The van der Waals surface area contributed by atoms with Gasteiger partial charge in [-0.05, 0) is 32.3 Å². The molecule has 4 aromatic rings. The Labute approximate surface area is 134 Å². The highest BCUT2D eigenvalue weighted by Gasteiger charge is 2.09. The molecule has 0 fully saturated rings. The highest BCUT2D eigenvalue weighted by Crippen LogP contribution is 2.43. The maximum Gasteiger partial charge on any atom is -0.0106 e. The second kappa shape index (κ2) is 4.48. The van der Waals surface area contributed by atoms with Crippen molar-refractivity contribution in [2.24, 2.45) is 0 Å². The minimum absolute atomic E-state index is 0.289. The molecule has 0 unspecified atom stereocenters. The molecule has 0 saturated heterocycles. The summed E-state index contributed by atoms with van der Waals surface area (Å²) in [5, 5.41) is 72.1. The molecule has 0 N–H and O–H groups in total. The van der Waals surface area contributed by atoms with E-state index >= 15 is 0 Å². The summed E-state index contributed by atoms with van der Waals surface area (Å²) in [6, 6.07) is 6.49. The maximum absolute atomic E-state index is 11.7. The molecule has 4 aromatic carbocycles. The first-order valence-electron chi connectivity index (χ1n) is 6.94. The summed E-state index contributed by atoms with van der Waals surface area (Å²) in [6.07, 6.45) is 0. The molecular weight excluding hydrogens is 312 g/mol. The SMILES string of the molecule is [O-]c1cc2c3cc([O-])c([O-])cc3c3cc([O-])c([O-])cc3c2cc1[O-]. The fourth-order valence-corrected chi connectivity index (χ4v) is 3.02. The zero-order valence-corrected chi connectivity index (χ0v) is 11.9. The first-order chi connectivity index (χ1) is 11.4. The van der Waals surface area contributed by atoms with Crippen LogP contribution in [0.5, 0.6) is 34.5 Å². The Morgan fingerprint density at radius 3 is 0.542 bits per heavy atom. The molecule has 0 radical (unpaired) electrons. The third-order valence-corrected chi connectivity index (χ3v) is 4.12. The number of rotatable bonds is 0. The van der Waals surface area contributed by atoms with Gasteiger partial charge in [0.1, 0.15) is 0 Å². The van der Waals surface area contributed by atoms with Gasteiger partial charge in [-0.25, -0.2) is 0 Å². The smallest absolute Gasteiger partial charge is 0.0106 e. The van der Waals surface area contributed by atoms with Gasteiger partial charge in [0.2, 0.25) is 0 Å². The highest BCUT2D eigenvalue weighted by atomic mass is 16.3. The van der Waals surface area contributed by atoms with Crippen LogP contribution in [-0.4, -0.2) is 0 Å². The van der Waals surface area contributed by atoms with Crippen LogP contribution in [0.15, 0.2) is 36.4 Å². The summed E-state index contributed by atoms with van der Waals surface area (Å²) in [7, 11) is 0. The van der Waals surface area contributed by atoms with Crippen molar-refractivity contribution in [3.05, 3.63) is 36.4 Å². The molecule has 0 amide bonds. The van der Waals surface area contributed by atoms with Crippen LogP contribution in [0.25, 0.3) is 32.3 Å². The highest BCUT2D eigenvalue weighted by molar-refractivity contribution is 6.26. The van der Waals surface area contributed by atoms with Crippen LogP contribution in [0.3, 0.4) is 0 Å². The molecule has 0 aliphatic rings. The Kier molecular flexibility index (Phi) is 2.63. The van der Waals surface area contributed by atoms with Crippen LogP contribution in [-0.2, 0) is 0 Å². The summed E-state index contributed by atoms with van der Waals surface area (Å²) in [5.74, 6) is -4.56. The molecule has 0 aliphatic heterocycles. The lowest BCUT2D eigenvalue weighted by atomic mass is 9.93. The normalized spacial score (nSPS) is 11.5. The molecule has 120 valence electrons. The fourth-order valence-electron chi connectivity index (χ4n) is 3.02. The lowest BCUT2D eigenvalue weighted by Crippen LogP contribution is -2.02. The molecule has 0 atom stereocenters. The van der Waals surface area contributed by atoms with E-state index < -0.39 is 34.5 Å². The molecule has 0 saturated carbocycles. The molecule has 4 rings (SSSR count). The van der Waals surface area contributed by atoms with Crippen molar-refractivity contribution in [1.82, 2.24) is 0 Å². The van der Waals surface area contributed by atoms with E-state index in [1.54, 1.807) is 0 Å². The molecule has 0 heterocycles. The molecule has 0 bridgehead atoms. The van der Waals surface area contributed by atoms with E-state index in [-0.39, 0.29) is 32.3 Å². The molecular formula is C18H6O6-6. The zero-order valence-electron chi connectivity index (χ0n) is 11.9. The van der Waals surface area contributed by atoms with E-state index in [1.807, 2.05) is 0 Å². The van der Waals surface area contributed by atoms with Crippen LogP contribution in [0.4, 0.5) is 0 Å². The topological polar surface area (TPSA) is 138 Å². The van der Waals surface area contributed by atoms with Crippen LogP contribution in [0, 0.1) is 0 Å². The number of hydrogen-bond donors (Lipinski definition) is 0. The lowest BCUT2D eigenvalue weighted by Gasteiger charge is -2.26. The van der Waals surface area contributed by atoms with Gasteiger partial charge in [0.05, 0.1) is 0 Å². The Bertz CT molecular complexity index is 896. The van der Waals surface area contributed by atoms with Gasteiger partial charge in [-0.3, -0.25) is 0 Å². The van der Waals surface area contributed by atoms with Gasteiger partial charge in [0, 0.05) is 0 Å². The van der Waals surface area contributed by atoms with E-state index in [1.165, 1.54) is 0 Å². The van der Waals surface area contributed by atoms with Gasteiger partial charge in [-0.2, -0.15) is 0 Å². The summed E-state index contributed by atoms with van der Waals surface area (Å²) in [5.41, 5.74) is 0. The fraction of sp³-hybridized carbons (Fsp3) is 0. The van der Waals surface area contributed by atoms with Gasteiger partial charge < -0.3 is 30.6 Å². The number of fused-ring (bicyclic) bond motifs is 6. The van der Waals surface area contributed by atoms with Crippen LogP contribution in [0.1, 0.15) is 0 Å². The molecule has 0 aromatic heterocycles. The summed E-state index contributed by atoms with van der Waals surface area (Å²) >= 11 is 0. The van der Waals surface area contributed by atoms with E-state index in [0.29, 0.717) is 0 Å². The molecule has 6 nitrogen and oxygen atoms in total. The van der Waals surface area contributed by atoms with Crippen molar-refractivity contribution in [1.29, 1.82) is 0 Å². The van der Waals surface area contributed by atoms with Gasteiger partial charge >= 0.3 is 0 Å². The number of benzene rings is 4. The van der Waals surface area contributed by atoms with Crippen LogP contribution in [0.2, 0.25) is 0 Å². The van der Waals surface area contributed by atoms with Crippen LogP contribution < -0.4 is 30.6 Å². The second-order valence-electron chi connectivity index (χ2n) is 5.53. The van der Waals surface area contributed by atoms with E-state index in [2.05, 4.69) is 0 Å². The Hall–Kier alpha value is -3.54. The van der Waals surface area contributed by atoms with Crippen molar-refractivity contribution < 1.29 is 30.6 Å². The average molecular weight is 318 g/mol. The van der Waals surface area contributed by atoms with E-state index in [0.717, 1.165) is 36.4 Å². The quantitative estimate of drug-likeness (QED) is 0.404. The average Bonchev–Trinajstić information content (AvgIpc) is 2.53. The maximum atomic E-state index is 11.7. The Balaban J connectivity index is 2.40. The van der Waals surface area contributed by atoms with Crippen molar-refractivity contribution in [3.63, 3.8) is 0 Å². The summed E-state index contributed by atoms with van der Waals surface area (Å²) in [4.78, 5) is 0. The Morgan fingerprint density at radius 2 is 0.417 bits per heavy atom. The third-order valence-electron chi connectivity index (χ3n) is 4.12. The molecule has 24 heavy (non-hydrogen) atoms. The first kappa shape index (κ1) is 14.1. The summed E-state index contributed by atoms with van der Waals surface area (Å²) < 4.78 is 0. The van der Waals surface area contributed by atoms with E-state index in [9.17, 15) is 30.6 Å². The monoisotopic (exact) mass is 318 g/mol. The first-order valence-corrected chi connectivity index (χ1v) is 6.94. The lowest BCUT2D eigenvalue weighted by molar-refractivity contribution is -0.317. The van der Waals surface area contributed by atoms with Crippen molar-refractivity contribution >= 4 is 32.3 Å². The van der Waals surface area contributed by atoms with Gasteiger partial charge in [0.15, 0.2) is 0 Å². The zero-order chi connectivity index (χ0) is 17.2. The second-order valence-corrected chi connectivity index (χ2v) is 5.53. The van der Waals surface area contributed by atoms with Gasteiger partial charge in [-0.1, -0.05) is 36.4 Å². The predicted molar refractivity (Wildman–Crippen MR) is 75.6 cm³/mol. The van der Waals surface area contributed by atoms with Crippen LogP contribution >= 0.6 is 0 Å². The standard InChI is InChI=1S/C18H12O6/c19-13-1-7-8(2-14(13)20)10-4-17(23)18(24)6-12(10)11-5-16(22)15(21)3-9(7)11/h1-6,19-24H/p-6. The Morgan fingerprint density at radius 1 is 0.292 bits per heavy atom. The molecule has 0 aliphatic carbocycles. The predicted octanol–water partition coefficient (Wildman–Crippen LogP) is -0.412. The minimum atomic E-state index is -0.760. The van der Waals surface area contributed by atoms with E-state index in [4.69, 9.17) is 0 Å².